The Morgan fingerprint density at radius 1 is 1.50 bits per heavy atom. The highest BCUT2D eigenvalue weighted by Crippen LogP contribution is 2.18. The van der Waals surface area contributed by atoms with Gasteiger partial charge in [0.15, 0.2) is 0 Å². The molecule has 0 aliphatic carbocycles. The molecule has 18 heavy (non-hydrogen) atoms. The smallest absolute Gasteiger partial charge is 0.244 e. The van der Waals surface area contributed by atoms with E-state index in [1.807, 2.05) is 0 Å². The molecule has 0 radical (unpaired) electrons. The molecule has 1 aliphatic rings. The molecule has 2 heterocycles. The number of hydrogen-bond donors (Lipinski definition) is 3. The van der Waals surface area contributed by atoms with E-state index in [-0.39, 0.29) is 23.0 Å². The van der Waals surface area contributed by atoms with Gasteiger partial charge in [0.1, 0.15) is 10.7 Å². The van der Waals surface area contributed by atoms with Crippen LogP contribution in [0.4, 0.5) is 5.82 Å². The number of carbonyl (C=O) groups is 1. The van der Waals surface area contributed by atoms with E-state index in [0.29, 0.717) is 6.54 Å². The molecule has 0 spiro atoms. The molecule has 1 amide bonds. The largest absolute Gasteiger partial charge is 0.372 e. The predicted molar refractivity (Wildman–Crippen MR) is 65.5 cm³/mol. The predicted octanol–water partition coefficient (Wildman–Crippen LogP) is -0.710. The molecule has 1 fully saturated rings. The van der Waals surface area contributed by atoms with E-state index in [0.717, 1.165) is 0 Å². The second-order valence-corrected chi connectivity index (χ2v) is 5.61. The fourth-order valence-corrected chi connectivity index (χ4v) is 3.17. The molecule has 2 rings (SSSR count). The molecule has 0 aromatic carbocycles. The van der Waals surface area contributed by atoms with Crippen LogP contribution >= 0.6 is 0 Å². The van der Waals surface area contributed by atoms with E-state index in [1.165, 1.54) is 12.3 Å². The number of nitrogens with one attached hydrogen (secondary N) is 3. The van der Waals surface area contributed by atoms with Gasteiger partial charge in [-0.15, -0.1) is 0 Å². The Bertz CT molecular complexity index is 558. The van der Waals surface area contributed by atoms with Crippen molar-refractivity contribution in [3.63, 3.8) is 0 Å². The molecule has 98 valence electrons. The molecule has 7 nitrogen and oxygen atoms in total. The summed E-state index contributed by atoms with van der Waals surface area (Å²) in [5, 5.41) is 5.30. The summed E-state index contributed by atoms with van der Waals surface area (Å²) in [5.41, 5.74) is 0. The summed E-state index contributed by atoms with van der Waals surface area (Å²) in [4.78, 5) is 15.0. The van der Waals surface area contributed by atoms with Gasteiger partial charge in [0.2, 0.25) is 15.9 Å². The third kappa shape index (κ3) is 2.59. The maximum Gasteiger partial charge on any atom is 0.244 e. The van der Waals surface area contributed by atoms with Crippen LogP contribution in [0.2, 0.25) is 0 Å². The quantitative estimate of drug-likeness (QED) is 0.671. The van der Waals surface area contributed by atoms with Gasteiger partial charge in [0.25, 0.3) is 0 Å². The van der Waals surface area contributed by atoms with E-state index in [1.54, 1.807) is 13.1 Å². The average molecular weight is 270 g/mol. The van der Waals surface area contributed by atoms with E-state index < -0.39 is 16.1 Å². The number of aromatic nitrogens is 1. The van der Waals surface area contributed by atoms with Gasteiger partial charge >= 0.3 is 0 Å². The molecular weight excluding hydrogens is 256 g/mol. The van der Waals surface area contributed by atoms with Crippen LogP contribution < -0.4 is 15.4 Å². The van der Waals surface area contributed by atoms with Crippen LogP contribution in [0.5, 0.6) is 0 Å². The van der Waals surface area contributed by atoms with Crippen molar-refractivity contribution < 1.29 is 13.2 Å². The zero-order valence-corrected chi connectivity index (χ0v) is 10.6. The zero-order chi connectivity index (χ0) is 13.2. The van der Waals surface area contributed by atoms with Gasteiger partial charge in [-0.2, -0.15) is 0 Å². The van der Waals surface area contributed by atoms with E-state index >= 15 is 0 Å². The minimum absolute atomic E-state index is 0.0758. The number of carbonyl (C=O) groups excluding carboxylic acids is 1. The molecule has 1 unspecified atom stereocenters. The second kappa shape index (κ2) is 4.91. The third-order valence-electron chi connectivity index (χ3n) is 2.60. The van der Waals surface area contributed by atoms with Crippen LogP contribution in [-0.2, 0) is 14.8 Å². The van der Waals surface area contributed by atoms with Crippen molar-refractivity contribution in [2.75, 3.05) is 18.9 Å². The van der Waals surface area contributed by atoms with Crippen molar-refractivity contribution in [1.82, 2.24) is 15.0 Å². The van der Waals surface area contributed by atoms with Gasteiger partial charge < -0.3 is 10.6 Å². The molecule has 1 aliphatic heterocycles. The van der Waals surface area contributed by atoms with Crippen LogP contribution in [0.25, 0.3) is 0 Å². The standard InChI is InChI=1S/C10H14N4O3S/c1-11-10-8(3-2-4-12-10)18(16,17)14-7-5-9(15)13-6-7/h2-4,7,14H,5-6H2,1H3,(H,11,12)(H,13,15). The summed E-state index contributed by atoms with van der Waals surface area (Å²) < 4.78 is 26.8. The summed E-state index contributed by atoms with van der Waals surface area (Å²) in [5.74, 6) is 0.130. The lowest BCUT2D eigenvalue weighted by Gasteiger charge is -2.13. The Labute approximate surface area is 105 Å². The first-order valence-corrected chi connectivity index (χ1v) is 6.93. The lowest BCUT2D eigenvalue weighted by Crippen LogP contribution is -2.36. The molecule has 1 aromatic heterocycles. The molecule has 1 aromatic rings. The molecule has 0 saturated carbocycles. The number of hydrogen-bond acceptors (Lipinski definition) is 5. The van der Waals surface area contributed by atoms with Gasteiger partial charge in [-0.05, 0) is 12.1 Å². The van der Waals surface area contributed by atoms with Crippen molar-refractivity contribution in [2.24, 2.45) is 0 Å². The number of nitrogens with zero attached hydrogens (tertiary/aromatic N) is 1. The number of sulfonamides is 1. The number of rotatable bonds is 4. The molecule has 1 atom stereocenters. The first kappa shape index (κ1) is 12.8. The van der Waals surface area contributed by atoms with Gasteiger partial charge in [0.05, 0.1) is 0 Å². The van der Waals surface area contributed by atoms with Gasteiger partial charge in [-0.1, -0.05) is 0 Å². The van der Waals surface area contributed by atoms with Crippen LogP contribution in [0.1, 0.15) is 6.42 Å². The van der Waals surface area contributed by atoms with Gasteiger partial charge in [0, 0.05) is 32.3 Å². The first-order valence-electron chi connectivity index (χ1n) is 5.45. The van der Waals surface area contributed by atoms with E-state index in [4.69, 9.17) is 0 Å². The summed E-state index contributed by atoms with van der Waals surface area (Å²) in [6.07, 6.45) is 1.67. The Balaban J connectivity index is 2.22. The maximum absolute atomic E-state index is 12.1. The summed E-state index contributed by atoms with van der Waals surface area (Å²) in [6.45, 7) is 0.313. The Morgan fingerprint density at radius 3 is 2.89 bits per heavy atom. The molecule has 0 bridgehead atoms. The molecule has 1 saturated heterocycles. The number of pyridine rings is 1. The monoisotopic (exact) mass is 270 g/mol. The lowest BCUT2D eigenvalue weighted by molar-refractivity contribution is -0.119. The Hall–Kier alpha value is -1.67. The highest BCUT2D eigenvalue weighted by molar-refractivity contribution is 7.89. The normalized spacial score (nSPS) is 19.6. The molecule has 3 N–H and O–H groups in total. The van der Waals surface area contributed by atoms with Crippen molar-refractivity contribution in [2.45, 2.75) is 17.4 Å². The van der Waals surface area contributed by atoms with Crippen LogP contribution in [-0.4, -0.2) is 38.9 Å². The third-order valence-corrected chi connectivity index (χ3v) is 4.15. The Morgan fingerprint density at radius 2 is 2.28 bits per heavy atom. The van der Waals surface area contributed by atoms with Crippen LogP contribution in [0, 0.1) is 0 Å². The molecular formula is C10H14N4O3S. The topological polar surface area (TPSA) is 100 Å². The number of anilines is 1. The maximum atomic E-state index is 12.1. The SMILES string of the molecule is CNc1ncccc1S(=O)(=O)NC1CNC(=O)C1. The van der Waals surface area contributed by atoms with Gasteiger partial charge in [-0.3, -0.25) is 4.79 Å². The van der Waals surface area contributed by atoms with Crippen LogP contribution in [0.15, 0.2) is 23.2 Å². The summed E-state index contributed by atoms with van der Waals surface area (Å²) in [6, 6.07) is 2.60. The number of amides is 1. The van der Waals surface area contributed by atoms with Crippen molar-refractivity contribution in [1.29, 1.82) is 0 Å². The highest BCUT2D eigenvalue weighted by Gasteiger charge is 2.28. The zero-order valence-electron chi connectivity index (χ0n) is 9.80. The Kier molecular flexibility index (Phi) is 3.48. The van der Waals surface area contributed by atoms with Crippen molar-refractivity contribution in [3.8, 4) is 0 Å². The highest BCUT2D eigenvalue weighted by atomic mass is 32.2. The first-order chi connectivity index (χ1) is 8.53. The van der Waals surface area contributed by atoms with Gasteiger partial charge in [-0.25, -0.2) is 18.1 Å². The minimum atomic E-state index is -3.68. The van der Waals surface area contributed by atoms with Crippen molar-refractivity contribution in [3.05, 3.63) is 18.3 Å². The fraction of sp³-hybridized carbons (Fsp3) is 0.400. The molecule has 8 heteroatoms. The minimum Gasteiger partial charge on any atom is -0.372 e. The van der Waals surface area contributed by atoms with E-state index in [2.05, 4.69) is 20.3 Å². The lowest BCUT2D eigenvalue weighted by atomic mass is 10.3. The summed E-state index contributed by atoms with van der Waals surface area (Å²) in [7, 11) is -2.08. The summed E-state index contributed by atoms with van der Waals surface area (Å²) >= 11 is 0. The second-order valence-electron chi connectivity index (χ2n) is 3.93. The van der Waals surface area contributed by atoms with Crippen LogP contribution in [0.3, 0.4) is 0 Å². The van der Waals surface area contributed by atoms with E-state index in [9.17, 15) is 13.2 Å². The fourth-order valence-electron chi connectivity index (χ4n) is 1.77. The average Bonchev–Trinajstić information content (AvgIpc) is 2.74. The van der Waals surface area contributed by atoms with Crippen molar-refractivity contribution >= 4 is 21.7 Å².